The lowest BCUT2D eigenvalue weighted by Gasteiger charge is -2.35. The number of fused-ring (bicyclic) bond motifs is 2. The third-order valence-electron chi connectivity index (χ3n) is 7.75. The predicted molar refractivity (Wildman–Crippen MR) is 124 cm³/mol. The molecule has 5 rings (SSSR count). The van der Waals surface area contributed by atoms with Crippen molar-refractivity contribution in [3.63, 3.8) is 0 Å². The van der Waals surface area contributed by atoms with E-state index in [0.717, 1.165) is 34.3 Å². The van der Waals surface area contributed by atoms with Gasteiger partial charge in [0.05, 0.1) is 17.4 Å². The van der Waals surface area contributed by atoms with Crippen LogP contribution in [-0.4, -0.2) is 38.9 Å². The number of rotatable bonds is 3. The van der Waals surface area contributed by atoms with Crippen molar-refractivity contribution in [3.8, 4) is 0 Å². The molecule has 1 aliphatic carbocycles. The first-order valence-electron chi connectivity index (χ1n) is 11.0. The molecule has 158 valence electrons. The molecule has 3 unspecified atom stereocenters. The van der Waals surface area contributed by atoms with E-state index in [-0.39, 0.29) is 11.2 Å². The number of carbonyl (C=O) groups is 1. The summed E-state index contributed by atoms with van der Waals surface area (Å²) in [4.78, 5) is 13.4. The SMILES string of the molecule is CCC1(C)C(C=C2C(=O)C(c3c(C)n(C)c4ccccc34)C2O)=[N+](C)c2ccccc21. The Labute approximate surface area is 183 Å². The Hall–Kier alpha value is -2.98. The topological polar surface area (TPSA) is 45.2 Å². The molecule has 3 aromatic rings. The third kappa shape index (κ3) is 2.51. The molecule has 2 heterocycles. The molecule has 4 heteroatoms. The van der Waals surface area contributed by atoms with E-state index in [1.54, 1.807) is 0 Å². The van der Waals surface area contributed by atoms with Crippen molar-refractivity contribution in [3.05, 3.63) is 77.0 Å². The van der Waals surface area contributed by atoms with E-state index in [1.165, 1.54) is 11.3 Å². The summed E-state index contributed by atoms with van der Waals surface area (Å²) in [5.74, 6) is -0.470. The second-order valence-corrected chi connectivity index (χ2v) is 9.11. The molecule has 1 fully saturated rings. The number of aliphatic hydroxyl groups excluding tert-OH is 1. The Morgan fingerprint density at radius 3 is 2.55 bits per heavy atom. The average Bonchev–Trinajstić information content (AvgIpc) is 3.16. The highest BCUT2D eigenvalue weighted by Gasteiger charge is 2.51. The minimum Gasteiger partial charge on any atom is -0.387 e. The number of aryl methyl sites for hydroxylation is 1. The van der Waals surface area contributed by atoms with E-state index in [0.29, 0.717) is 5.57 Å². The lowest BCUT2D eigenvalue weighted by molar-refractivity contribution is -0.401. The van der Waals surface area contributed by atoms with Gasteiger partial charge in [0.2, 0.25) is 5.69 Å². The number of nitrogens with zero attached hydrogens (tertiary/aromatic N) is 2. The molecule has 2 aliphatic rings. The minimum atomic E-state index is -0.789. The van der Waals surface area contributed by atoms with E-state index < -0.39 is 12.0 Å². The lowest BCUT2D eigenvalue weighted by Crippen LogP contribution is -2.44. The van der Waals surface area contributed by atoms with Crippen molar-refractivity contribution in [2.24, 2.45) is 7.05 Å². The van der Waals surface area contributed by atoms with Crippen molar-refractivity contribution in [2.45, 2.75) is 44.6 Å². The summed E-state index contributed by atoms with van der Waals surface area (Å²) < 4.78 is 4.28. The van der Waals surface area contributed by atoms with Gasteiger partial charge in [-0.25, -0.2) is 0 Å². The molecule has 0 saturated heterocycles. The zero-order chi connectivity index (χ0) is 22.1. The molecule has 0 spiro atoms. The molecule has 1 N–H and O–H groups in total. The molecule has 1 saturated carbocycles. The summed E-state index contributed by atoms with van der Waals surface area (Å²) in [6, 6.07) is 16.5. The van der Waals surface area contributed by atoms with E-state index in [2.05, 4.69) is 47.3 Å². The smallest absolute Gasteiger partial charge is 0.209 e. The van der Waals surface area contributed by atoms with Crippen LogP contribution in [0.5, 0.6) is 0 Å². The molecule has 3 atom stereocenters. The summed E-state index contributed by atoms with van der Waals surface area (Å²) in [5, 5.41) is 12.2. The van der Waals surface area contributed by atoms with Gasteiger partial charge in [-0.2, -0.15) is 4.58 Å². The van der Waals surface area contributed by atoms with Crippen LogP contribution in [0.3, 0.4) is 0 Å². The predicted octanol–water partition coefficient (Wildman–Crippen LogP) is 4.54. The Morgan fingerprint density at radius 1 is 1.16 bits per heavy atom. The first kappa shape index (κ1) is 20.0. The van der Waals surface area contributed by atoms with Gasteiger partial charge < -0.3 is 9.67 Å². The minimum absolute atomic E-state index is 0.0299. The fourth-order valence-electron chi connectivity index (χ4n) is 5.59. The Balaban J connectivity index is 1.58. The van der Waals surface area contributed by atoms with Gasteiger partial charge in [0.25, 0.3) is 0 Å². The van der Waals surface area contributed by atoms with Crippen molar-refractivity contribution >= 4 is 28.1 Å². The number of aliphatic hydroxyl groups is 1. The third-order valence-corrected chi connectivity index (χ3v) is 7.75. The molecule has 2 aromatic carbocycles. The quantitative estimate of drug-likeness (QED) is 0.506. The van der Waals surface area contributed by atoms with E-state index >= 15 is 0 Å². The van der Waals surface area contributed by atoms with E-state index in [4.69, 9.17) is 0 Å². The van der Waals surface area contributed by atoms with Crippen molar-refractivity contribution in [1.29, 1.82) is 0 Å². The van der Waals surface area contributed by atoms with Crippen LogP contribution in [-0.2, 0) is 17.3 Å². The maximum Gasteiger partial charge on any atom is 0.209 e. The van der Waals surface area contributed by atoms with Gasteiger partial charge in [-0.15, -0.1) is 0 Å². The van der Waals surface area contributed by atoms with Crippen molar-refractivity contribution in [2.75, 3.05) is 7.05 Å². The molecule has 0 radical (unpaired) electrons. The highest BCUT2D eigenvalue weighted by Crippen LogP contribution is 2.46. The lowest BCUT2D eigenvalue weighted by atomic mass is 9.68. The molecule has 0 bridgehead atoms. The van der Waals surface area contributed by atoms with E-state index in [1.807, 2.05) is 51.4 Å². The summed E-state index contributed by atoms with van der Waals surface area (Å²) in [7, 11) is 4.06. The number of hydrogen-bond acceptors (Lipinski definition) is 2. The van der Waals surface area contributed by atoms with Crippen LogP contribution in [0, 0.1) is 6.92 Å². The van der Waals surface area contributed by atoms with Crippen molar-refractivity contribution < 1.29 is 14.5 Å². The van der Waals surface area contributed by atoms with Gasteiger partial charge in [0.15, 0.2) is 11.5 Å². The van der Waals surface area contributed by atoms with Crippen molar-refractivity contribution in [1.82, 2.24) is 4.57 Å². The largest absolute Gasteiger partial charge is 0.387 e. The Morgan fingerprint density at radius 2 is 1.84 bits per heavy atom. The fourth-order valence-corrected chi connectivity index (χ4v) is 5.59. The summed E-state index contributed by atoms with van der Waals surface area (Å²) in [5.41, 5.74) is 6.94. The van der Waals surface area contributed by atoms with Crippen LogP contribution in [0.15, 0.2) is 60.2 Å². The number of carbonyl (C=O) groups excluding carboxylic acids is 1. The van der Waals surface area contributed by atoms with Gasteiger partial charge in [0, 0.05) is 46.9 Å². The maximum atomic E-state index is 13.4. The van der Waals surface area contributed by atoms with Gasteiger partial charge >= 0.3 is 0 Å². The molecule has 1 aromatic heterocycles. The monoisotopic (exact) mass is 413 g/mol. The Bertz CT molecular complexity index is 1310. The molecule has 0 amide bonds. The number of aromatic nitrogens is 1. The van der Waals surface area contributed by atoms with Crippen LogP contribution in [0.1, 0.15) is 43.0 Å². The van der Waals surface area contributed by atoms with Gasteiger partial charge in [0.1, 0.15) is 7.05 Å². The molecule has 1 aliphatic heterocycles. The Kier molecular flexibility index (Phi) is 4.35. The molecule has 31 heavy (non-hydrogen) atoms. The van der Waals surface area contributed by atoms with Crippen LogP contribution in [0.4, 0.5) is 5.69 Å². The van der Waals surface area contributed by atoms with Gasteiger partial charge in [-0.1, -0.05) is 43.3 Å². The van der Waals surface area contributed by atoms with Gasteiger partial charge in [-0.05, 0) is 31.9 Å². The van der Waals surface area contributed by atoms with E-state index in [9.17, 15) is 9.90 Å². The van der Waals surface area contributed by atoms with Crippen LogP contribution in [0.25, 0.3) is 10.9 Å². The number of hydrogen-bond donors (Lipinski definition) is 1. The van der Waals surface area contributed by atoms with Crippen LogP contribution >= 0.6 is 0 Å². The molecular formula is C27H29N2O2+. The van der Waals surface area contributed by atoms with Crippen LogP contribution < -0.4 is 0 Å². The summed E-state index contributed by atoms with van der Waals surface area (Å²) >= 11 is 0. The molecule has 4 nitrogen and oxygen atoms in total. The fraction of sp³-hybridized carbons (Fsp3) is 0.333. The second-order valence-electron chi connectivity index (χ2n) is 9.11. The standard InChI is InChI=1S/C27H29N2O2/c1-6-27(3)19-12-8-10-14-21(19)29(5)22(27)15-18-25(30)24(26(18)31)23-16(2)28(4)20-13-9-7-11-17(20)23/h7-15,24-25,30H,6H2,1-5H3/q+1. The second kappa shape index (κ2) is 6.76. The number of allylic oxidation sites excluding steroid dienone is 1. The number of Topliss-reactive ketones (excluding diaryl/α,β-unsaturated/α-hetero) is 1. The maximum absolute atomic E-state index is 13.4. The number of ketones is 1. The first-order chi connectivity index (χ1) is 14.8. The molecular weight excluding hydrogens is 384 g/mol. The normalized spacial score (nSPS) is 26.6. The zero-order valence-corrected chi connectivity index (χ0v) is 18.8. The number of benzene rings is 2. The summed E-state index contributed by atoms with van der Waals surface area (Å²) in [6.45, 7) is 6.43. The number of para-hydroxylation sites is 2. The zero-order valence-electron chi connectivity index (χ0n) is 18.8. The first-order valence-corrected chi connectivity index (χ1v) is 11.0. The summed E-state index contributed by atoms with van der Waals surface area (Å²) in [6.07, 6.45) is 2.08. The highest BCUT2D eigenvalue weighted by molar-refractivity contribution is 6.16. The average molecular weight is 414 g/mol. The van der Waals surface area contributed by atoms with Crippen LogP contribution in [0.2, 0.25) is 0 Å². The highest BCUT2D eigenvalue weighted by atomic mass is 16.3. The van der Waals surface area contributed by atoms with Gasteiger partial charge in [-0.3, -0.25) is 4.79 Å².